The van der Waals surface area contributed by atoms with Crippen LogP contribution in [0.3, 0.4) is 0 Å². The lowest BCUT2D eigenvalue weighted by Gasteiger charge is -2.08. The first-order valence-electron chi connectivity index (χ1n) is 5.87. The Labute approximate surface area is 103 Å². The van der Waals surface area contributed by atoms with Gasteiger partial charge in [0.25, 0.3) is 0 Å². The van der Waals surface area contributed by atoms with E-state index in [-0.39, 0.29) is 0 Å². The summed E-state index contributed by atoms with van der Waals surface area (Å²) in [7, 11) is 0. The van der Waals surface area contributed by atoms with Gasteiger partial charge < -0.3 is 0 Å². The number of aromatic nitrogens is 1. The molecular formula is C16H17N. The second kappa shape index (κ2) is 4.96. The first-order valence-corrected chi connectivity index (χ1v) is 5.87. The van der Waals surface area contributed by atoms with Crippen LogP contribution >= 0.6 is 0 Å². The quantitative estimate of drug-likeness (QED) is 0.731. The molecule has 0 bridgehead atoms. The predicted molar refractivity (Wildman–Crippen MR) is 73.7 cm³/mol. The Morgan fingerprint density at radius 2 is 1.88 bits per heavy atom. The second-order valence-electron chi connectivity index (χ2n) is 4.22. The van der Waals surface area contributed by atoms with Crippen LogP contribution in [-0.4, -0.2) is 4.98 Å². The van der Waals surface area contributed by atoms with Gasteiger partial charge in [-0.3, -0.25) is 4.98 Å². The summed E-state index contributed by atoms with van der Waals surface area (Å²) in [6.07, 6.45) is 4.05. The summed E-state index contributed by atoms with van der Waals surface area (Å²) < 4.78 is 0. The normalized spacial score (nSPS) is 11.6. The molecule has 1 aromatic carbocycles. The lowest BCUT2D eigenvalue weighted by atomic mass is 10.0. The Morgan fingerprint density at radius 3 is 2.47 bits per heavy atom. The fourth-order valence-electron chi connectivity index (χ4n) is 1.84. The molecule has 0 radical (unpaired) electrons. The smallest absolute Gasteiger partial charge is 0.0658 e. The maximum Gasteiger partial charge on any atom is 0.0658 e. The van der Waals surface area contributed by atoms with E-state index in [2.05, 4.69) is 55.2 Å². The highest BCUT2D eigenvalue weighted by molar-refractivity contribution is 5.69. The fourth-order valence-corrected chi connectivity index (χ4v) is 1.84. The molecule has 0 spiro atoms. The zero-order chi connectivity index (χ0) is 12.3. The van der Waals surface area contributed by atoms with Crippen molar-refractivity contribution in [2.24, 2.45) is 0 Å². The maximum atomic E-state index is 4.52. The summed E-state index contributed by atoms with van der Waals surface area (Å²) >= 11 is 0. The molecule has 1 heteroatoms. The third-order valence-corrected chi connectivity index (χ3v) is 3.03. The van der Waals surface area contributed by atoms with Gasteiger partial charge in [0.05, 0.1) is 5.69 Å². The van der Waals surface area contributed by atoms with Gasteiger partial charge in [-0.2, -0.15) is 0 Å². The van der Waals surface area contributed by atoms with Crippen LogP contribution in [0.5, 0.6) is 0 Å². The lowest BCUT2D eigenvalue weighted by molar-refractivity contribution is 1.23. The Kier molecular flexibility index (Phi) is 3.38. The summed E-state index contributed by atoms with van der Waals surface area (Å²) in [6.45, 7) is 6.26. The van der Waals surface area contributed by atoms with Crippen LogP contribution < -0.4 is 0 Å². The van der Waals surface area contributed by atoms with Crippen LogP contribution in [0.2, 0.25) is 0 Å². The molecule has 0 aliphatic rings. The van der Waals surface area contributed by atoms with Gasteiger partial charge in [-0.05, 0) is 43.5 Å². The number of rotatable bonds is 2. The minimum absolute atomic E-state index is 1.06. The van der Waals surface area contributed by atoms with Crippen molar-refractivity contribution in [3.63, 3.8) is 0 Å². The van der Waals surface area contributed by atoms with Crippen molar-refractivity contribution in [2.75, 3.05) is 0 Å². The van der Waals surface area contributed by atoms with Crippen LogP contribution in [0.25, 0.3) is 16.7 Å². The molecular weight excluding hydrogens is 206 g/mol. The molecule has 1 aromatic heterocycles. The highest BCUT2D eigenvalue weighted by Crippen LogP contribution is 2.24. The molecule has 1 nitrogen and oxygen atoms in total. The van der Waals surface area contributed by atoms with E-state index in [1.807, 2.05) is 19.2 Å². The second-order valence-corrected chi connectivity index (χ2v) is 4.22. The van der Waals surface area contributed by atoms with Crippen molar-refractivity contribution in [3.8, 4) is 11.1 Å². The fraction of sp³-hybridized carbons (Fsp3) is 0.188. The third-order valence-electron chi connectivity index (χ3n) is 3.03. The van der Waals surface area contributed by atoms with Gasteiger partial charge in [0.15, 0.2) is 0 Å². The van der Waals surface area contributed by atoms with E-state index < -0.39 is 0 Å². The van der Waals surface area contributed by atoms with E-state index in [1.54, 1.807) is 0 Å². The van der Waals surface area contributed by atoms with Crippen molar-refractivity contribution in [1.29, 1.82) is 0 Å². The highest BCUT2D eigenvalue weighted by atomic mass is 14.7. The van der Waals surface area contributed by atoms with Crippen molar-refractivity contribution in [2.45, 2.75) is 20.8 Å². The number of nitrogens with zero attached hydrogens (tertiary/aromatic N) is 1. The lowest BCUT2D eigenvalue weighted by Crippen LogP contribution is -1.91. The monoisotopic (exact) mass is 223 g/mol. The van der Waals surface area contributed by atoms with Crippen molar-refractivity contribution < 1.29 is 0 Å². The number of hydrogen-bond donors (Lipinski definition) is 0. The van der Waals surface area contributed by atoms with E-state index in [0.29, 0.717) is 0 Å². The molecule has 0 N–H and O–H groups in total. The molecule has 0 atom stereocenters. The van der Waals surface area contributed by atoms with E-state index in [1.165, 1.54) is 22.3 Å². The zero-order valence-corrected chi connectivity index (χ0v) is 10.6. The Hall–Kier alpha value is -1.89. The number of pyridine rings is 1. The molecule has 1 heterocycles. The molecule has 0 saturated heterocycles. The maximum absolute atomic E-state index is 4.52. The Bertz CT molecular complexity index is 539. The largest absolute Gasteiger partial charge is 0.256 e. The van der Waals surface area contributed by atoms with Gasteiger partial charge in [0.1, 0.15) is 0 Å². The summed E-state index contributed by atoms with van der Waals surface area (Å²) in [5.41, 5.74) is 5.97. The molecule has 2 aromatic rings. The van der Waals surface area contributed by atoms with Gasteiger partial charge in [-0.1, -0.05) is 36.4 Å². The topological polar surface area (TPSA) is 12.9 Å². The van der Waals surface area contributed by atoms with Crippen LogP contribution in [0.1, 0.15) is 25.1 Å². The molecule has 2 rings (SSSR count). The summed E-state index contributed by atoms with van der Waals surface area (Å²) in [5, 5.41) is 0. The average Bonchev–Trinajstić information content (AvgIpc) is 2.38. The summed E-state index contributed by atoms with van der Waals surface area (Å²) in [5.74, 6) is 0. The molecule has 86 valence electrons. The first-order chi connectivity index (χ1) is 8.22. The number of allylic oxidation sites excluding steroid dienone is 2. The third kappa shape index (κ3) is 2.44. The molecule has 0 amide bonds. The van der Waals surface area contributed by atoms with Crippen LogP contribution in [-0.2, 0) is 0 Å². The van der Waals surface area contributed by atoms with Crippen LogP contribution in [0, 0.1) is 6.92 Å². The van der Waals surface area contributed by atoms with Gasteiger partial charge in [-0.25, -0.2) is 0 Å². The predicted octanol–water partition coefficient (Wildman–Crippen LogP) is 4.48. The van der Waals surface area contributed by atoms with E-state index >= 15 is 0 Å². The molecule has 0 saturated carbocycles. The zero-order valence-electron chi connectivity index (χ0n) is 10.6. The van der Waals surface area contributed by atoms with Crippen molar-refractivity contribution >= 4 is 5.57 Å². The number of benzene rings is 1. The molecule has 0 aliphatic heterocycles. The van der Waals surface area contributed by atoms with Crippen LogP contribution in [0.15, 0.2) is 48.7 Å². The van der Waals surface area contributed by atoms with Crippen LogP contribution in [0.4, 0.5) is 0 Å². The van der Waals surface area contributed by atoms with Crippen molar-refractivity contribution in [3.05, 3.63) is 59.9 Å². The number of aryl methyl sites for hydroxylation is 1. The van der Waals surface area contributed by atoms with E-state index in [9.17, 15) is 0 Å². The number of hydrogen-bond acceptors (Lipinski definition) is 1. The highest BCUT2D eigenvalue weighted by Gasteiger charge is 2.04. The van der Waals surface area contributed by atoms with E-state index in [0.717, 1.165) is 5.69 Å². The van der Waals surface area contributed by atoms with Gasteiger partial charge >= 0.3 is 0 Å². The Balaban J connectivity index is 2.46. The first kappa shape index (κ1) is 11.6. The molecule has 0 fully saturated rings. The van der Waals surface area contributed by atoms with Crippen molar-refractivity contribution in [1.82, 2.24) is 4.98 Å². The minimum atomic E-state index is 1.06. The van der Waals surface area contributed by atoms with E-state index in [4.69, 9.17) is 0 Å². The summed E-state index contributed by atoms with van der Waals surface area (Å²) in [6, 6.07) is 12.5. The minimum Gasteiger partial charge on any atom is -0.256 e. The summed E-state index contributed by atoms with van der Waals surface area (Å²) in [4.78, 5) is 4.52. The SMILES string of the molecule is C/C=C(\C)c1cc(C)c(-c2ccccc2)cn1. The van der Waals surface area contributed by atoms with Gasteiger partial charge in [0, 0.05) is 11.8 Å². The average molecular weight is 223 g/mol. The van der Waals surface area contributed by atoms with Gasteiger partial charge in [-0.15, -0.1) is 0 Å². The molecule has 17 heavy (non-hydrogen) atoms. The molecule has 0 unspecified atom stereocenters. The van der Waals surface area contributed by atoms with Gasteiger partial charge in [0.2, 0.25) is 0 Å². The standard InChI is InChI=1S/C16H17N/c1-4-12(2)16-10-13(3)15(11-17-16)14-8-6-5-7-9-14/h4-11H,1-3H3/b12-4+. The molecule has 0 aliphatic carbocycles. The Morgan fingerprint density at radius 1 is 1.18 bits per heavy atom.